The molecular weight excluding hydrogens is 276 g/mol. The summed E-state index contributed by atoms with van der Waals surface area (Å²) in [5.41, 5.74) is -0.331. The van der Waals surface area contributed by atoms with Gasteiger partial charge in [0.1, 0.15) is 17.6 Å². The van der Waals surface area contributed by atoms with Crippen LogP contribution in [0.1, 0.15) is 23.7 Å². The Hall–Kier alpha value is -2.22. The van der Waals surface area contributed by atoms with Crippen LogP contribution in [0.25, 0.3) is 0 Å². The van der Waals surface area contributed by atoms with Gasteiger partial charge in [-0.25, -0.2) is 4.98 Å². The Morgan fingerprint density at radius 2 is 2.38 bits per heavy atom. The normalized spacial score (nSPS) is 21.4. The minimum Gasteiger partial charge on any atom is -0.394 e. The molecule has 2 atom stereocenters. The molecule has 0 spiro atoms. The lowest BCUT2D eigenvalue weighted by molar-refractivity contribution is -0.385. The molecule has 114 valence electrons. The molecule has 1 aliphatic rings. The Kier molecular flexibility index (Phi) is 4.37. The third-order valence-corrected chi connectivity index (χ3v) is 3.90. The molecule has 8 heteroatoms. The minimum atomic E-state index is -0.618. The predicted octanol–water partition coefficient (Wildman–Crippen LogP) is 0.874. The molecule has 1 amide bonds. The number of likely N-dealkylation sites (tertiary alicyclic amines) is 1. The molecule has 1 aromatic heterocycles. The van der Waals surface area contributed by atoms with Crippen LogP contribution in [0, 0.1) is 16.0 Å². The fourth-order valence-corrected chi connectivity index (χ4v) is 2.60. The standard InChI is InChI=1S/C13H18N4O4/c1-8-3-4-16(11(8)7-18)13(19)9-5-12(14-2)15-6-10(9)17(20)21/h5-6,8,11,18H,3-4,7H2,1-2H3,(H,14,15). The lowest BCUT2D eigenvalue weighted by Crippen LogP contribution is -2.40. The van der Waals surface area contributed by atoms with Crippen molar-refractivity contribution < 1.29 is 14.8 Å². The van der Waals surface area contributed by atoms with Crippen LogP contribution in [-0.4, -0.2) is 52.1 Å². The van der Waals surface area contributed by atoms with Gasteiger partial charge in [-0.2, -0.15) is 0 Å². The Labute approximate surface area is 121 Å². The second kappa shape index (κ2) is 6.04. The average Bonchev–Trinajstić information content (AvgIpc) is 2.86. The third-order valence-electron chi connectivity index (χ3n) is 3.90. The molecular formula is C13H18N4O4. The van der Waals surface area contributed by atoms with Crippen molar-refractivity contribution in [2.24, 2.45) is 5.92 Å². The quantitative estimate of drug-likeness (QED) is 0.630. The number of rotatable bonds is 4. The second-order valence-electron chi connectivity index (χ2n) is 5.11. The summed E-state index contributed by atoms with van der Waals surface area (Å²) in [5, 5.41) is 23.3. The number of nitro groups is 1. The number of amides is 1. The van der Waals surface area contributed by atoms with E-state index in [-0.39, 0.29) is 29.8 Å². The Morgan fingerprint density at radius 1 is 1.67 bits per heavy atom. The number of hydrogen-bond donors (Lipinski definition) is 2. The molecule has 21 heavy (non-hydrogen) atoms. The topological polar surface area (TPSA) is 109 Å². The van der Waals surface area contributed by atoms with Gasteiger partial charge in [0.05, 0.1) is 17.6 Å². The molecule has 0 radical (unpaired) electrons. The lowest BCUT2D eigenvalue weighted by Gasteiger charge is -2.25. The highest BCUT2D eigenvalue weighted by molar-refractivity contribution is 5.99. The minimum absolute atomic E-state index is 0.00750. The summed E-state index contributed by atoms with van der Waals surface area (Å²) < 4.78 is 0. The van der Waals surface area contributed by atoms with Crippen LogP contribution in [0.15, 0.2) is 12.3 Å². The molecule has 1 saturated heterocycles. The third kappa shape index (κ3) is 2.80. The SMILES string of the molecule is CNc1cc(C(=O)N2CCC(C)C2CO)c([N+](=O)[O-])cn1. The zero-order valence-corrected chi connectivity index (χ0v) is 11.9. The van der Waals surface area contributed by atoms with E-state index in [0.717, 1.165) is 12.6 Å². The summed E-state index contributed by atoms with van der Waals surface area (Å²) in [7, 11) is 1.62. The van der Waals surface area contributed by atoms with Gasteiger partial charge in [0.2, 0.25) is 0 Å². The first-order valence-electron chi connectivity index (χ1n) is 6.73. The molecule has 8 nitrogen and oxygen atoms in total. The van der Waals surface area contributed by atoms with Crippen LogP contribution < -0.4 is 5.32 Å². The number of hydrogen-bond acceptors (Lipinski definition) is 6. The van der Waals surface area contributed by atoms with Gasteiger partial charge in [0.25, 0.3) is 11.6 Å². The van der Waals surface area contributed by atoms with E-state index >= 15 is 0 Å². The van der Waals surface area contributed by atoms with Gasteiger partial charge in [-0.3, -0.25) is 14.9 Å². The summed E-state index contributed by atoms with van der Waals surface area (Å²) in [6.07, 6.45) is 1.85. The molecule has 2 rings (SSSR count). The van der Waals surface area contributed by atoms with E-state index in [2.05, 4.69) is 10.3 Å². The molecule has 1 fully saturated rings. The number of anilines is 1. The van der Waals surface area contributed by atoms with Crippen LogP contribution >= 0.6 is 0 Å². The highest BCUT2D eigenvalue weighted by Crippen LogP contribution is 2.28. The van der Waals surface area contributed by atoms with Crippen molar-refractivity contribution >= 4 is 17.4 Å². The molecule has 2 heterocycles. The van der Waals surface area contributed by atoms with Gasteiger partial charge in [-0.1, -0.05) is 6.92 Å². The zero-order chi connectivity index (χ0) is 15.6. The summed E-state index contributed by atoms with van der Waals surface area (Å²) >= 11 is 0. The summed E-state index contributed by atoms with van der Waals surface area (Å²) in [4.78, 5) is 28.4. The number of aromatic nitrogens is 1. The van der Waals surface area contributed by atoms with Gasteiger partial charge in [0.15, 0.2) is 0 Å². The number of pyridine rings is 1. The molecule has 0 aromatic carbocycles. The van der Waals surface area contributed by atoms with Crippen molar-refractivity contribution in [1.29, 1.82) is 0 Å². The molecule has 2 N–H and O–H groups in total. The van der Waals surface area contributed by atoms with Gasteiger partial charge in [0, 0.05) is 19.7 Å². The summed E-state index contributed by atoms with van der Waals surface area (Å²) in [5.74, 6) is 0.115. The highest BCUT2D eigenvalue weighted by atomic mass is 16.6. The Balaban J connectivity index is 2.40. The van der Waals surface area contributed by atoms with Gasteiger partial charge in [-0.05, 0) is 12.3 Å². The molecule has 1 aromatic rings. The second-order valence-corrected chi connectivity index (χ2v) is 5.11. The number of carbonyl (C=O) groups is 1. The molecule has 0 bridgehead atoms. The summed E-state index contributed by atoms with van der Waals surface area (Å²) in [6, 6.07) is 1.07. The van der Waals surface area contributed by atoms with E-state index in [9.17, 15) is 20.0 Å². The fraction of sp³-hybridized carbons (Fsp3) is 0.538. The number of aliphatic hydroxyl groups excluding tert-OH is 1. The fourth-order valence-electron chi connectivity index (χ4n) is 2.60. The van der Waals surface area contributed by atoms with Gasteiger partial charge >= 0.3 is 0 Å². The van der Waals surface area contributed by atoms with Crippen molar-refractivity contribution in [1.82, 2.24) is 9.88 Å². The van der Waals surface area contributed by atoms with E-state index in [1.165, 1.54) is 11.0 Å². The average molecular weight is 294 g/mol. The maximum absolute atomic E-state index is 12.6. The lowest BCUT2D eigenvalue weighted by atomic mass is 10.0. The first kappa shape index (κ1) is 15.2. The van der Waals surface area contributed by atoms with Crippen LogP contribution in [0.5, 0.6) is 0 Å². The van der Waals surface area contributed by atoms with Crippen molar-refractivity contribution in [2.75, 3.05) is 25.5 Å². The van der Waals surface area contributed by atoms with Crippen molar-refractivity contribution in [3.8, 4) is 0 Å². The summed E-state index contributed by atoms with van der Waals surface area (Å²) in [6.45, 7) is 2.29. The predicted molar refractivity (Wildman–Crippen MR) is 76.1 cm³/mol. The highest BCUT2D eigenvalue weighted by Gasteiger charge is 2.36. The van der Waals surface area contributed by atoms with Crippen molar-refractivity contribution in [3.63, 3.8) is 0 Å². The molecule has 0 saturated carbocycles. The van der Waals surface area contributed by atoms with Gasteiger partial charge < -0.3 is 15.3 Å². The van der Waals surface area contributed by atoms with Crippen LogP contribution in [0.4, 0.5) is 11.5 Å². The number of nitrogens with zero attached hydrogens (tertiary/aromatic N) is 3. The van der Waals surface area contributed by atoms with E-state index in [0.29, 0.717) is 12.4 Å². The van der Waals surface area contributed by atoms with E-state index in [4.69, 9.17) is 0 Å². The molecule has 1 aliphatic heterocycles. The monoisotopic (exact) mass is 294 g/mol. The number of carbonyl (C=O) groups excluding carboxylic acids is 1. The molecule has 2 unspecified atom stereocenters. The largest absolute Gasteiger partial charge is 0.394 e. The number of aliphatic hydroxyl groups is 1. The van der Waals surface area contributed by atoms with E-state index < -0.39 is 10.8 Å². The number of nitrogens with one attached hydrogen (secondary N) is 1. The smallest absolute Gasteiger partial charge is 0.300 e. The van der Waals surface area contributed by atoms with Crippen molar-refractivity contribution in [2.45, 2.75) is 19.4 Å². The van der Waals surface area contributed by atoms with Crippen LogP contribution in [0.3, 0.4) is 0 Å². The molecule has 0 aliphatic carbocycles. The van der Waals surface area contributed by atoms with E-state index in [1.54, 1.807) is 7.05 Å². The van der Waals surface area contributed by atoms with Crippen molar-refractivity contribution in [3.05, 3.63) is 27.9 Å². The first-order chi connectivity index (χ1) is 9.99. The van der Waals surface area contributed by atoms with Gasteiger partial charge in [-0.15, -0.1) is 0 Å². The Bertz CT molecular complexity index is 563. The van der Waals surface area contributed by atoms with Crippen LogP contribution in [-0.2, 0) is 0 Å². The maximum atomic E-state index is 12.6. The van der Waals surface area contributed by atoms with E-state index in [1.807, 2.05) is 6.92 Å². The van der Waals surface area contributed by atoms with Crippen LogP contribution in [0.2, 0.25) is 0 Å². The zero-order valence-electron chi connectivity index (χ0n) is 11.9. The maximum Gasteiger partial charge on any atom is 0.300 e. The first-order valence-corrected chi connectivity index (χ1v) is 6.73. The Morgan fingerprint density at radius 3 is 2.95 bits per heavy atom.